The minimum Gasteiger partial charge on any atom is -0.0991 e. The Morgan fingerprint density at radius 3 is 1.45 bits per heavy atom. The smallest absolute Gasteiger partial charge is 0.0276 e. The largest absolute Gasteiger partial charge is 0.0991 e. The fourth-order valence-corrected chi connectivity index (χ4v) is 2.59. The standard InChI is InChI=1S/C20H37/c1-3-5-7-9-11-13-15-17-19-20-18-16-14-12-10-8-6-4-2/h3,5H,1,4,6,8-20H2,2H3. The summed E-state index contributed by atoms with van der Waals surface area (Å²) in [5, 5.41) is 0. The molecule has 0 rings (SSSR count). The second-order valence-electron chi connectivity index (χ2n) is 5.95. The molecule has 0 fully saturated rings. The van der Waals surface area contributed by atoms with E-state index in [0.717, 1.165) is 6.42 Å². The van der Waals surface area contributed by atoms with Gasteiger partial charge in [-0.25, -0.2) is 0 Å². The van der Waals surface area contributed by atoms with Gasteiger partial charge in [0, 0.05) is 0 Å². The van der Waals surface area contributed by atoms with E-state index in [1.807, 2.05) is 12.2 Å². The highest BCUT2D eigenvalue weighted by Gasteiger charge is 1.93. The van der Waals surface area contributed by atoms with Crippen molar-refractivity contribution < 1.29 is 0 Å². The van der Waals surface area contributed by atoms with Crippen LogP contribution in [0.3, 0.4) is 0 Å². The lowest BCUT2D eigenvalue weighted by Gasteiger charge is -2.02. The summed E-state index contributed by atoms with van der Waals surface area (Å²) in [6, 6.07) is 0. The van der Waals surface area contributed by atoms with E-state index < -0.39 is 0 Å². The maximum atomic E-state index is 3.65. The first-order valence-corrected chi connectivity index (χ1v) is 9.09. The molecule has 1 radical (unpaired) electrons. The van der Waals surface area contributed by atoms with Crippen molar-refractivity contribution in [2.45, 2.75) is 103 Å². The van der Waals surface area contributed by atoms with Crippen LogP contribution in [-0.4, -0.2) is 0 Å². The Hall–Kier alpha value is -0.520. The number of hydrogen-bond donors (Lipinski definition) is 0. The number of allylic oxidation sites excluding steroid dienone is 3. The van der Waals surface area contributed by atoms with E-state index >= 15 is 0 Å². The molecule has 0 atom stereocenters. The third-order valence-electron chi connectivity index (χ3n) is 3.91. The zero-order valence-corrected chi connectivity index (χ0v) is 14.0. The van der Waals surface area contributed by atoms with Gasteiger partial charge in [-0.15, -0.1) is 0 Å². The van der Waals surface area contributed by atoms with Crippen molar-refractivity contribution in [3.8, 4) is 0 Å². The van der Waals surface area contributed by atoms with E-state index in [1.54, 1.807) is 0 Å². The van der Waals surface area contributed by atoms with Crippen molar-refractivity contribution in [1.82, 2.24) is 0 Å². The third-order valence-corrected chi connectivity index (χ3v) is 3.91. The van der Waals surface area contributed by atoms with Crippen LogP contribution in [0.4, 0.5) is 0 Å². The van der Waals surface area contributed by atoms with Gasteiger partial charge in [-0.1, -0.05) is 109 Å². The van der Waals surface area contributed by atoms with Crippen LogP contribution in [-0.2, 0) is 0 Å². The SMILES string of the molecule is C=C/C=[C]/CCCCCCCCCCCCCCCC. The van der Waals surface area contributed by atoms with Gasteiger partial charge in [-0.2, -0.15) is 0 Å². The van der Waals surface area contributed by atoms with Gasteiger partial charge in [-0.3, -0.25) is 0 Å². The Kier molecular flexibility index (Phi) is 18.0. The Bertz CT molecular complexity index is 202. The quantitative estimate of drug-likeness (QED) is 0.203. The van der Waals surface area contributed by atoms with Crippen LogP contribution in [0.5, 0.6) is 0 Å². The molecule has 0 N–H and O–H groups in total. The molecule has 0 spiro atoms. The highest BCUT2D eigenvalue weighted by Crippen LogP contribution is 2.13. The van der Waals surface area contributed by atoms with Crippen molar-refractivity contribution in [2.75, 3.05) is 0 Å². The molecular weight excluding hydrogens is 240 g/mol. The van der Waals surface area contributed by atoms with Crippen LogP contribution in [0, 0.1) is 6.08 Å². The van der Waals surface area contributed by atoms with E-state index in [9.17, 15) is 0 Å². The van der Waals surface area contributed by atoms with Crippen molar-refractivity contribution in [3.63, 3.8) is 0 Å². The lowest BCUT2D eigenvalue weighted by molar-refractivity contribution is 0.536. The second-order valence-corrected chi connectivity index (χ2v) is 5.95. The van der Waals surface area contributed by atoms with Crippen LogP contribution in [0.2, 0.25) is 0 Å². The van der Waals surface area contributed by atoms with E-state index in [4.69, 9.17) is 0 Å². The molecule has 0 aliphatic rings. The molecule has 0 heterocycles. The normalized spacial score (nSPS) is 11.2. The van der Waals surface area contributed by atoms with Crippen LogP contribution in [0.1, 0.15) is 103 Å². The first kappa shape index (κ1) is 19.5. The van der Waals surface area contributed by atoms with Crippen LogP contribution < -0.4 is 0 Å². The van der Waals surface area contributed by atoms with Crippen LogP contribution in [0.15, 0.2) is 18.7 Å². The Morgan fingerprint density at radius 2 is 1.05 bits per heavy atom. The number of unbranched alkanes of at least 4 members (excludes halogenated alkanes) is 14. The molecule has 0 aliphatic heterocycles. The topological polar surface area (TPSA) is 0 Å². The van der Waals surface area contributed by atoms with Crippen molar-refractivity contribution in [2.24, 2.45) is 0 Å². The van der Waals surface area contributed by atoms with E-state index in [1.165, 1.54) is 89.9 Å². The summed E-state index contributed by atoms with van der Waals surface area (Å²) >= 11 is 0. The summed E-state index contributed by atoms with van der Waals surface area (Å²) in [4.78, 5) is 0. The third kappa shape index (κ3) is 17.5. The lowest BCUT2D eigenvalue weighted by Crippen LogP contribution is -1.83. The first-order valence-electron chi connectivity index (χ1n) is 9.09. The molecule has 0 aromatic heterocycles. The first-order chi connectivity index (χ1) is 9.91. The van der Waals surface area contributed by atoms with Gasteiger partial charge in [0.15, 0.2) is 0 Å². The molecule has 0 unspecified atom stereocenters. The highest BCUT2D eigenvalue weighted by molar-refractivity contribution is 4.92. The van der Waals surface area contributed by atoms with E-state index in [-0.39, 0.29) is 0 Å². The van der Waals surface area contributed by atoms with Crippen molar-refractivity contribution in [3.05, 3.63) is 24.8 Å². The molecule has 20 heavy (non-hydrogen) atoms. The van der Waals surface area contributed by atoms with Crippen LogP contribution >= 0.6 is 0 Å². The molecule has 0 nitrogen and oxygen atoms in total. The Balaban J connectivity index is 2.95. The maximum Gasteiger partial charge on any atom is -0.0276 e. The van der Waals surface area contributed by atoms with Crippen molar-refractivity contribution in [1.29, 1.82) is 0 Å². The van der Waals surface area contributed by atoms with Gasteiger partial charge in [0.2, 0.25) is 0 Å². The van der Waals surface area contributed by atoms with Crippen molar-refractivity contribution >= 4 is 0 Å². The second kappa shape index (κ2) is 18.5. The molecular formula is C20H37. The summed E-state index contributed by atoms with van der Waals surface area (Å²) in [6.45, 7) is 5.94. The predicted octanol–water partition coefficient (Wildman–Crippen LogP) is 7.40. The summed E-state index contributed by atoms with van der Waals surface area (Å²) in [5.41, 5.74) is 0. The summed E-state index contributed by atoms with van der Waals surface area (Å²) in [7, 11) is 0. The van der Waals surface area contributed by atoms with Gasteiger partial charge in [0.05, 0.1) is 0 Å². The minimum absolute atomic E-state index is 1.10. The van der Waals surface area contributed by atoms with E-state index in [0.29, 0.717) is 0 Å². The molecule has 0 aromatic carbocycles. The average Bonchev–Trinajstić information content (AvgIpc) is 2.47. The molecule has 117 valence electrons. The van der Waals surface area contributed by atoms with Crippen LogP contribution in [0.25, 0.3) is 0 Å². The molecule has 0 heteroatoms. The monoisotopic (exact) mass is 277 g/mol. The van der Waals surface area contributed by atoms with Gasteiger partial charge < -0.3 is 0 Å². The molecule has 0 bridgehead atoms. The van der Waals surface area contributed by atoms with Gasteiger partial charge in [0.1, 0.15) is 0 Å². The zero-order chi connectivity index (χ0) is 14.7. The predicted molar refractivity (Wildman–Crippen MR) is 92.9 cm³/mol. The molecule has 0 saturated heterocycles. The number of rotatable bonds is 16. The zero-order valence-electron chi connectivity index (χ0n) is 14.0. The maximum absolute atomic E-state index is 3.65. The summed E-state index contributed by atoms with van der Waals surface area (Å²) < 4.78 is 0. The van der Waals surface area contributed by atoms with E-state index in [2.05, 4.69) is 19.6 Å². The Morgan fingerprint density at radius 1 is 0.650 bits per heavy atom. The van der Waals surface area contributed by atoms with Gasteiger partial charge in [-0.05, 0) is 18.9 Å². The van der Waals surface area contributed by atoms with Gasteiger partial charge >= 0.3 is 0 Å². The Labute approximate surface area is 128 Å². The highest BCUT2D eigenvalue weighted by atomic mass is 14.0. The molecule has 0 aliphatic carbocycles. The summed E-state index contributed by atoms with van der Waals surface area (Å²) in [5.74, 6) is 0. The van der Waals surface area contributed by atoms with Gasteiger partial charge in [0.25, 0.3) is 0 Å². The minimum atomic E-state index is 1.10. The lowest BCUT2D eigenvalue weighted by atomic mass is 10.0. The molecule has 0 aromatic rings. The average molecular weight is 278 g/mol. The summed E-state index contributed by atoms with van der Waals surface area (Å²) in [6.07, 6.45) is 28.1. The fraction of sp³-hybridized carbons (Fsp3) is 0.800. The molecule has 0 amide bonds. The fourth-order valence-electron chi connectivity index (χ4n) is 2.59. The number of hydrogen-bond acceptors (Lipinski definition) is 0. The molecule has 0 saturated carbocycles.